The Morgan fingerprint density at radius 2 is 1.89 bits per heavy atom. The van der Waals surface area contributed by atoms with Gasteiger partial charge in [0.15, 0.2) is 11.5 Å². The molecule has 1 rings (SSSR count). The lowest BCUT2D eigenvalue weighted by Crippen LogP contribution is -2.17. The normalized spacial score (nSPS) is 11.2. The Balaban J connectivity index is 0.00000324. The van der Waals surface area contributed by atoms with Gasteiger partial charge in [0.1, 0.15) is 0 Å². The van der Waals surface area contributed by atoms with E-state index in [9.17, 15) is 4.79 Å². The minimum Gasteiger partial charge on any atom is -0.493 e. The number of ether oxygens (including phenoxy) is 3. The molecule has 2 N–H and O–H groups in total. The van der Waals surface area contributed by atoms with Crippen molar-refractivity contribution in [2.45, 2.75) is 19.4 Å². The van der Waals surface area contributed by atoms with Crippen LogP contribution < -0.4 is 15.2 Å². The number of rotatable bonds is 6. The maximum absolute atomic E-state index is 11.3. The molecule has 1 aromatic rings. The van der Waals surface area contributed by atoms with Crippen molar-refractivity contribution in [1.29, 1.82) is 0 Å². The summed E-state index contributed by atoms with van der Waals surface area (Å²) in [6.45, 7) is 2.12. The average Bonchev–Trinajstić information content (AvgIpc) is 2.38. The van der Waals surface area contributed by atoms with Gasteiger partial charge in [-0.25, -0.2) is 0 Å². The van der Waals surface area contributed by atoms with Gasteiger partial charge in [-0.2, -0.15) is 0 Å². The van der Waals surface area contributed by atoms with E-state index >= 15 is 0 Å². The van der Waals surface area contributed by atoms with Crippen LogP contribution in [0.1, 0.15) is 24.9 Å². The van der Waals surface area contributed by atoms with Crippen molar-refractivity contribution in [2.24, 2.45) is 5.73 Å². The van der Waals surface area contributed by atoms with E-state index in [1.54, 1.807) is 33.3 Å². The highest BCUT2D eigenvalue weighted by molar-refractivity contribution is 5.85. The SMILES string of the molecule is CCOC(=O)C[C@H](N)c1ccc(OC)c(OC)c1.Cl. The van der Waals surface area contributed by atoms with Crippen LogP contribution in [0.5, 0.6) is 11.5 Å². The quantitative estimate of drug-likeness (QED) is 0.812. The lowest BCUT2D eigenvalue weighted by atomic mass is 10.0. The van der Waals surface area contributed by atoms with Gasteiger partial charge in [0.2, 0.25) is 0 Å². The number of carbonyl (C=O) groups excluding carboxylic acids is 1. The van der Waals surface area contributed by atoms with Gasteiger partial charge in [-0.15, -0.1) is 12.4 Å². The van der Waals surface area contributed by atoms with Crippen LogP contribution in [-0.4, -0.2) is 26.8 Å². The highest BCUT2D eigenvalue weighted by Gasteiger charge is 2.14. The molecule has 108 valence electrons. The number of esters is 1. The molecule has 1 aromatic carbocycles. The fraction of sp³-hybridized carbons (Fsp3) is 0.462. The molecular formula is C13H20ClNO4. The number of hydrogen-bond donors (Lipinski definition) is 1. The summed E-state index contributed by atoms with van der Waals surface area (Å²) < 4.78 is 15.2. The van der Waals surface area contributed by atoms with Crippen molar-refractivity contribution in [3.63, 3.8) is 0 Å². The Kier molecular flexibility index (Phi) is 7.95. The number of methoxy groups -OCH3 is 2. The van der Waals surface area contributed by atoms with Crippen molar-refractivity contribution in [3.8, 4) is 11.5 Å². The predicted molar refractivity (Wildman–Crippen MR) is 75.0 cm³/mol. The molecule has 0 saturated carbocycles. The topological polar surface area (TPSA) is 70.8 Å². The molecule has 19 heavy (non-hydrogen) atoms. The molecule has 5 nitrogen and oxygen atoms in total. The smallest absolute Gasteiger partial charge is 0.307 e. The molecule has 0 radical (unpaired) electrons. The third kappa shape index (κ3) is 4.96. The molecule has 0 aliphatic heterocycles. The van der Waals surface area contributed by atoms with Gasteiger partial charge in [0.05, 0.1) is 27.2 Å². The molecule has 0 saturated heterocycles. The first-order chi connectivity index (χ1) is 8.62. The van der Waals surface area contributed by atoms with E-state index in [0.29, 0.717) is 18.1 Å². The lowest BCUT2D eigenvalue weighted by Gasteiger charge is -2.14. The molecule has 0 amide bonds. The number of carbonyl (C=O) groups is 1. The Morgan fingerprint density at radius 1 is 1.26 bits per heavy atom. The Hall–Kier alpha value is -1.46. The molecule has 0 fully saturated rings. The highest BCUT2D eigenvalue weighted by atomic mass is 35.5. The highest BCUT2D eigenvalue weighted by Crippen LogP contribution is 2.30. The van der Waals surface area contributed by atoms with Crippen LogP contribution in [0.25, 0.3) is 0 Å². The number of hydrogen-bond acceptors (Lipinski definition) is 5. The zero-order valence-electron chi connectivity index (χ0n) is 11.3. The van der Waals surface area contributed by atoms with Gasteiger partial charge >= 0.3 is 5.97 Å². The third-order valence-corrected chi connectivity index (χ3v) is 2.53. The standard InChI is InChI=1S/C13H19NO4.ClH/c1-4-18-13(15)8-10(14)9-5-6-11(16-2)12(7-9)17-3;/h5-7,10H,4,8,14H2,1-3H3;1H/t10-;/m0./s1. The van der Waals surface area contributed by atoms with E-state index in [1.807, 2.05) is 6.07 Å². The maximum Gasteiger partial charge on any atom is 0.307 e. The first-order valence-corrected chi connectivity index (χ1v) is 5.75. The van der Waals surface area contributed by atoms with Crippen molar-refractivity contribution >= 4 is 18.4 Å². The number of nitrogens with two attached hydrogens (primary N) is 1. The van der Waals surface area contributed by atoms with Gasteiger partial charge in [0.25, 0.3) is 0 Å². The van der Waals surface area contributed by atoms with Gasteiger partial charge in [-0.05, 0) is 24.6 Å². The fourth-order valence-corrected chi connectivity index (χ4v) is 1.60. The Bertz CT molecular complexity index is 412. The van der Waals surface area contributed by atoms with Crippen LogP contribution in [0.15, 0.2) is 18.2 Å². The third-order valence-electron chi connectivity index (χ3n) is 2.53. The van der Waals surface area contributed by atoms with Crippen LogP contribution in [0.3, 0.4) is 0 Å². The maximum atomic E-state index is 11.3. The zero-order valence-corrected chi connectivity index (χ0v) is 12.2. The lowest BCUT2D eigenvalue weighted by molar-refractivity contribution is -0.143. The second-order valence-corrected chi connectivity index (χ2v) is 3.73. The minimum atomic E-state index is -0.413. The van der Waals surface area contributed by atoms with E-state index in [0.717, 1.165) is 5.56 Å². The van der Waals surface area contributed by atoms with Gasteiger partial charge in [0, 0.05) is 6.04 Å². The van der Waals surface area contributed by atoms with Crippen LogP contribution in [0, 0.1) is 0 Å². The second-order valence-electron chi connectivity index (χ2n) is 3.73. The van der Waals surface area contributed by atoms with E-state index in [1.165, 1.54) is 0 Å². The second kappa shape index (κ2) is 8.61. The number of halogens is 1. The van der Waals surface area contributed by atoms with Crippen LogP contribution in [0.2, 0.25) is 0 Å². The van der Waals surface area contributed by atoms with Crippen molar-refractivity contribution in [3.05, 3.63) is 23.8 Å². The Morgan fingerprint density at radius 3 is 2.42 bits per heavy atom. The van der Waals surface area contributed by atoms with Gasteiger partial charge in [-0.3, -0.25) is 4.79 Å². The largest absolute Gasteiger partial charge is 0.493 e. The average molecular weight is 290 g/mol. The van der Waals surface area contributed by atoms with E-state index in [2.05, 4.69) is 0 Å². The van der Waals surface area contributed by atoms with E-state index in [-0.39, 0.29) is 24.8 Å². The molecule has 0 aliphatic carbocycles. The van der Waals surface area contributed by atoms with Crippen LogP contribution >= 0.6 is 12.4 Å². The molecule has 0 aliphatic rings. The first kappa shape index (κ1) is 17.5. The summed E-state index contributed by atoms with van der Waals surface area (Å²) >= 11 is 0. The summed E-state index contributed by atoms with van der Waals surface area (Å²) in [6.07, 6.45) is 0.142. The molecule has 0 unspecified atom stereocenters. The number of benzene rings is 1. The molecule has 0 heterocycles. The molecule has 6 heteroatoms. The Labute approximate surface area is 119 Å². The van der Waals surface area contributed by atoms with E-state index < -0.39 is 6.04 Å². The van der Waals surface area contributed by atoms with Crippen LogP contribution in [0.4, 0.5) is 0 Å². The van der Waals surface area contributed by atoms with Crippen molar-refractivity contribution < 1.29 is 19.0 Å². The van der Waals surface area contributed by atoms with E-state index in [4.69, 9.17) is 19.9 Å². The molecule has 1 atom stereocenters. The zero-order chi connectivity index (χ0) is 13.5. The molecular weight excluding hydrogens is 270 g/mol. The summed E-state index contributed by atoms with van der Waals surface area (Å²) in [5.41, 5.74) is 6.75. The molecule has 0 spiro atoms. The van der Waals surface area contributed by atoms with Crippen molar-refractivity contribution in [2.75, 3.05) is 20.8 Å². The predicted octanol–water partition coefficient (Wildman–Crippen LogP) is 2.08. The summed E-state index contributed by atoms with van der Waals surface area (Å²) in [5.74, 6) is 0.915. The first-order valence-electron chi connectivity index (χ1n) is 5.75. The monoisotopic (exact) mass is 289 g/mol. The van der Waals surface area contributed by atoms with Gasteiger partial charge in [-0.1, -0.05) is 6.07 Å². The summed E-state index contributed by atoms with van der Waals surface area (Å²) in [5, 5.41) is 0. The summed E-state index contributed by atoms with van der Waals surface area (Å²) in [7, 11) is 3.12. The fourth-order valence-electron chi connectivity index (χ4n) is 1.60. The van der Waals surface area contributed by atoms with Crippen molar-refractivity contribution in [1.82, 2.24) is 0 Å². The summed E-state index contributed by atoms with van der Waals surface area (Å²) in [4.78, 5) is 11.3. The van der Waals surface area contributed by atoms with Gasteiger partial charge < -0.3 is 19.9 Å². The van der Waals surface area contributed by atoms with Crippen LogP contribution in [-0.2, 0) is 9.53 Å². The summed E-state index contributed by atoms with van der Waals surface area (Å²) in [6, 6.07) is 4.93. The molecule has 0 aromatic heterocycles. The minimum absolute atomic E-state index is 0. The molecule has 0 bridgehead atoms.